The van der Waals surface area contributed by atoms with Crippen LogP contribution in [0.4, 0.5) is 0 Å². The van der Waals surface area contributed by atoms with Crippen LogP contribution in [-0.4, -0.2) is 62.3 Å². The fourth-order valence-corrected chi connectivity index (χ4v) is 4.15. The fraction of sp³-hybridized carbons (Fsp3) is 0.400. The number of fused-ring (bicyclic) bond motifs is 1. The van der Waals surface area contributed by atoms with Gasteiger partial charge in [0.15, 0.2) is 0 Å². The summed E-state index contributed by atoms with van der Waals surface area (Å²) in [4.78, 5) is 18.4. The van der Waals surface area contributed by atoms with Crippen molar-refractivity contribution in [1.29, 1.82) is 0 Å². The lowest BCUT2D eigenvalue weighted by Crippen LogP contribution is -2.38. The Labute approximate surface area is 183 Å². The van der Waals surface area contributed by atoms with Crippen LogP contribution in [0, 0.1) is 0 Å². The third kappa shape index (κ3) is 5.46. The fourth-order valence-electron chi connectivity index (χ4n) is 4.15. The predicted molar refractivity (Wildman–Crippen MR) is 123 cm³/mol. The summed E-state index contributed by atoms with van der Waals surface area (Å²) in [7, 11) is 1.67. The van der Waals surface area contributed by atoms with Crippen molar-refractivity contribution in [2.45, 2.75) is 19.3 Å². The van der Waals surface area contributed by atoms with Crippen LogP contribution in [0.25, 0.3) is 22.2 Å². The molecule has 0 radical (unpaired) electrons. The molecule has 2 aromatic carbocycles. The number of nitrogens with one attached hydrogen (secondary N) is 2. The average Bonchev–Trinajstić information content (AvgIpc) is 3.20. The highest BCUT2D eigenvalue weighted by Crippen LogP contribution is 2.32. The van der Waals surface area contributed by atoms with Gasteiger partial charge in [-0.3, -0.25) is 9.69 Å². The summed E-state index contributed by atoms with van der Waals surface area (Å²) in [5, 5.41) is 4.26. The third-order valence-electron chi connectivity index (χ3n) is 5.87. The van der Waals surface area contributed by atoms with Crippen LogP contribution in [0.15, 0.2) is 48.5 Å². The zero-order valence-electron chi connectivity index (χ0n) is 18.2. The third-order valence-corrected chi connectivity index (χ3v) is 5.87. The molecule has 0 saturated carbocycles. The van der Waals surface area contributed by atoms with E-state index in [2.05, 4.69) is 39.5 Å². The van der Waals surface area contributed by atoms with Crippen LogP contribution in [-0.2, 0) is 16.0 Å². The zero-order chi connectivity index (χ0) is 21.5. The van der Waals surface area contributed by atoms with Gasteiger partial charge in [-0.2, -0.15) is 0 Å². The molecule has 1 aromatic heterocycles. The number of ether oxygens (including phenoxy) is 2. The quantitative estimate of drug-likeness (QED) is 0.518. The van der Waals surface area contributed by atoms with Crippen molar-refractivity contribution in [2.75, 3.05) is 46.5 Å². The first-order valence-electron chi connectivity index (χ1n) is 11.1. The van der Waals surface area contributed by atoms with Crippen molar-refractivity contribution in [3.05, 3.63) is 54.1 Å². The second-order valence-corrected chi connectivity index (χ2v) is 7.91. The molecule has 1 saturated heterocycles. The van der Waals surface area contributed by atoms with E-state index in [0.717, 1.165) is 68.3 Å². The molecule has 0 spiro atoms. The van der Waals surface area contributed by atoms with E-state index < -0.39 is 0 Å². The van der Waals surface area contributed by atoms with Gasteiger partial charge >= 0.3 is 0 Å². The Hall–Kier alpha value is -2.83. The van der Waals surface area contributed by atoms with Crippen molar-refractivity contribution in [2.24, 2.45) is 0 Å². The van der Waals surface area contributed by atoms with Crippen molar-refractivity contribution in [1.82, 2.24) is 15.2 Å². The number of H-pyrrole nitrogens is 1. The van der Waals surface area contributed by atoms with Crippen molar-refractivity contribution >= 4 is 16.8 Å². The minimum atomic E-state index is 0.105. The van der Waals surface area contributed by atoms with E-state index >= 15 is 0 Å². The highest BCUT2D eigenvalue weighted by molar-refractivity contribution is 5.91. The lowest BCUT2D eigenvalue weighted by molar-refractivity contribution is -0.121. The molecular formula is C25H31N3O3. The molecule has 3 aromatic rings. The van der Waals surface area contributed by atoms with Gasteiger partial charge in [0.25, 0.3) is 0 Å². The maximum atomic E-state index is 12.5. The maximum absolute atomic E-state index is 12.5. The number of aromatic amines is 1. The Morgan fingerprint density at radius 1 is 1.13 bits per heavy atom. The molecular weight excluding hydrogens is 390 g/mol. The molecule has 164 valence electrons. The first kappa shape index (κ1) is 21.4. The van der Waals surface area contributed by atoms with Crippen LogP contribution in [0.2, 0.25) is 0 Å². The molecule has 0 atom stereocenters. The normalized spacial score (nSPS) is 14.6. The topological polar surface area (TPSA) is 66.6 Å². The van der Waals surface area contributed by atoms with Gasteiger partial charge in [0.05, 0.1) is 20.3 Å². The van der Waals surface area contributed by atoms with Gasteiger partial charge in [-0.15, -0.1) is 0 Å². The van der Waals surface area contributed by atoms with E-state index in [1.54, 1.807) is 7.11 Å². The summed E-state index contributed by atoms with van der Waals surface area (Å²) in [5.74, 6) is 0.936. The molecule has 1 aliphatic rings. The number of hydrogen-bond donors (Lipinski definition) is 2. The smallest absolute Gasteiger partial charge is 0.220 e. The molecule has 0 aliphatic carbocycles. The van der Waals surface area contributed by atoms with E-state index in [-0.39, 0.29) is 5.91 Å². The van der Waals surface area contributed by atoms with E-state index in [1.165, 1.54) is 10.9 Å². The number of morpholine rings is 1. The average molecular weight is 422 g/mol. The number of aryl methyl sites for hydroxylation is 1. The van der Waals surface area contributed by atoms with Gasteiger partial charge in [-0.1, -0.05) is 18.2 Å². The second kappa shape index (κ2) is 10.5. The first-order chi connectivity index (χ1) is 15.2. The SMILES string of the molecule is COc1ccc(-c2[nH]c3ccccc3c2CCC(=O)NCCCN2CCOCC2)cc1. The van der Waals surface area contributed by atoms with Crippen LogP contribution in [0.1, 0.15) is 18.4 Å². The van der Waals surface area contributed by atoms with Crippen LogP contribution >= 0.6 is 0 Å². The lowest BCUT2D eigenvalue weighted by atomic mass is 10.0. The number of para-hydroxylation sites is 1. The Morgan fingerprint density at radius 3 is 2.68 bits per heavy atom. The molecule has 2 N–H and O–H groups in total. The molecule has 6 nitrogen and oxygen atoms in total. The summed E-state index contributed by atoms with van der Waals surface area (Å²) in [6, 6.07) is 16.3. The van der Waals surface area contributed by atoms with Gasteiger partial charge in [0.1, 0.15) is 5.75 Å². The van der Waals surface area contributed by atoms with Gasteiger partial charge in [-0.25, -0.2) is 0 Å². The molecule has 2 heterocycles. The summed E-state index contributed by atoms with van der Waals surface area (Å²) in [5.41, 5.74) is 4.44. The standard InChI is InChI=1S/C25H31N3O3/c1-30-20-9-7-19(8-10-20)25-22(21-5-2-3-6-23(21)27-25)11-12-24(29)26-13-4-14-28-15-17-31-18-16-28/h2-3,5-10,27H,4,11-18H2,1H3,(H,26,29). The number of benzene rings is 2. The van der Waals surface area contributed by atoms with Crippen LogP contribution < -0.4 is 10.1 Å². The van der Waals surface area contributed by atoms with Crippen LogP contribution in [0.3, 0.4) is 0 Å². The van der Waals surface area contributed by atoms with Crippen molar-refractivity contribution < 1.29 is 14.3 Å². The van der Waals surface area contributed by atoms with Gasteiger partial charge in [0, 0.05) is 42.7 Å². The molecule has 1 amide bonds. The number of aromatic nitrogens is 1. The molecule has 1 fully saturated rings. The summed E-state index contributed by atoms with van der Waals surface area (Å²) in [6.45, 7) is 5.33. The highest BCUT2D eigenvalue weighted by Gasteiger charge is 2.15. The van der Waals surface area contributed by atoms with Crippen molar-refractivity contribution in [3.63, 3.8) is 0 Å². The predicted octanol–water partition coefficient (Wildman–Crippen LogP) is 3.61. The monoisotopic (exact) mass is 421 g/mol. The maximum Gasteiger partial charge on any atom is 0.220 e. The largest absolute Gasteiger partial charge is 0.497 e. The molecule has 1 aliphatic heterocycles. The van der Waals surface area contributed by atoms with E-state index in [1.807, 2.05) is 24.3 Å². The van der Waals surface area contributed by atoms with Gasteiger partial charge in [0.2, 0.25) is 5.91 Å². The summed E-state index contributed by atoms with van der Waals surface area (Å²) >= 11 is 0. The van der Waals surface area contributed by atoms with E-state index in [0.29, 0.717) is 12.8 Å². The number of carbonyl (C=O) groups is 1. The van der Waals surface area contributed by atoms with Gasteiger partial charge < -0.3 is 19.8 Å². The second-order valence-electron chi connectivity index (χ2n) is 7.91. The van der Waals surface area contributed by atoms with Gasteiger partial charge in [-0.05, 0) is 60.8 Å². The van der Waals surface area contributed by atoms with Crippen molar-refractivity contribution in [3.8, 4) is 17.0 Å². The first-order valence-corrected chi connectivity index (χ1v) is 11.1. The Morgan fingerprint density at radius 2 is 1.90 bits per heavy atom. The minimum absolute atomic E-state index is 0.105. The molecule has 31 heavy (non-hydrogen) atoms. The zero-order valence-corrected chi connectivity index (χ0v) is 18.2. The van der Waals surface area contributed by atoms with E-state index in [9.17, 15) is 4.79 Å². The Bertz CT molecular complexity index is 991. The number of rotatable bonds is 9. The molecule has 6 heteroatoms. The lowest BCUT2D eigenvalue weighted by Gasteiger charge is -2.26. The number of amides is 1. The number of nitrogens with zero attached hydrogens (tertiary/aromatic N) is 1. The number of methoxy groups -OCH3 is 1. The van der Waals surface area contributed by atoms with Crippen LogP contribution in [0.5, 0.6) is 5.75 Å². The van der Waals surface area contributed by atoms with E-state index in [4.69, 9.17) is 9.47 Å². The Balaban J connectivity index is 1.37. The minimum Gasteiger partial charge on any atom is -0.497 e. The summed E-state index contributed by atoms with van der Waals surface area (Å²) < 4.78 is 10.7. The Kier molecular flexibility index (Phi) is 7.22. The molecule has 4 rings (SSSR count). The number of carbonyl (C=O) groups excluding carboxylic acids is 1. The molecule has 0 unspecified atom stereocenters. The highest BCUT2D eigenvalue weighted by atomic mass is 16.5. The molecule has 0 bridgehead atoms. The summed E-state index contributed by atoms with van der Waals surface area (Å²) in [6.07, 6.45) is 2.14. The number of hydrogen-bond acceptors (Lipinski definition) is 4.